The molecule has 30 heavy (non-hydrogen) atoms. The molecule has 0 fully saturated rings. The minimum atomic E-state index is -0.266. The summed E-state index contributed by atoms with van der Waals surface area (Å²) in [5.41, 5.74) is 21.5. The summed E-state index contributed by atoms with van der Waals surface area (Å²) in [7, 11) is 0. The normalized spacial score (nSPS) is 12.5. The molecule has 148 valence electrons. The Hall–Kier alpha value is -3.62. The van der Waals surface area contributed by atoms with Crippen LogP contribution < -0.4 is 11.5 Å². The Morgan fingerprint density at radius 1 is 0.667 bits per heavy atom. The number of rotatable bonds is 5. The van der Waals surface area contributed by atoms with Crippen LogP contribution in [0.5, 0.6) is 0 Å². The summed E-state index contributed by atoms with van der Waals surface area (Å²) in [5, 5.41) is 0. The SMILES string of the molecule is Cc1cccc(-c2cccc(/C(N)=C/C(N)c3ccc(-c4ccccc4)cc3)c2)c1. The highest BCUT2D eigenvalue weighted by Gasteiger charge is 2.07. The zero-order valence-electron chi connectivity index (χ0n) is 17.1. The van der Waals surface area contributed by atoms with E-state index in [-0.39, 0.29) is 6.04 Å². The summed E-state index contributed by atoms with van der Waals surface area (Å²) < 4.78 is 0. The van der Waals surface area contributed by atoms with E-state index in [9.17, 15) is 0 Å². The molecule has 0 saturated carbocycles. The predicted octanol–water partition coefficient (Wildman–Crippen LogP) is 6.33. The second-order valence-electron chi connectivity index (χ2n) is 7.59. The first-order valence-corrected chi connectivity index (χ1v) is 10.2. The highest BCUT2D eigenvalue weighted by Crippen LogP contribution is 2.25. The molecule has 0 aliphatic carbocycles. The average molecular weight is 391 g/mol. The second kappa shape index (κ2) is 8.81. The molecule has 2 nitrogen and oxygen atoms in total. The third-order valence-corrected chi connectivity index (χ3v) is 5.31. The van der Waals surface area contributed by atoms with Gasteiger partial charge < -0.3 is 11.5 Å². The van der Waals surface area contributed by atoms with Crippen LogP contribution in [0.15, 0.2) is 109 Å². The highest BCUT2D eigenvalue weighted by atomic mass is 14.6. The Labute approximate surface area is 178 Å². The van der Waals surface area contributed by atoms with Crippen LogP contribution in [0.1, 0.15) is 22.7 Å². The topological polar surface area (TPSA) is 52.0 Å². The Bertz CT molecular complexity index is 1160. The summed E-state index contributed by atoms with van der Waals surface area (Å²) in [6, 6.07) is 35.2. The Morgan fingerprint density at radius 3 is 1.97 bits per heavy atom. The highest BCUT2D eigenvalue weighted by molar-refractivity contribution is 5.72. The van der Waals surface area contributed by atoms with Crippen molar-refractivity contribution < 1.29 is 0 Å². The van der Waals surface area contributed by atoms with Crippen molar-refractivity contribution in [3.05, 3.63) is 126 Å². The van der Waals surface area contributed by atoms with E-state index in [2.05, 4.69) is 79.7 Å². The van der Waals surface area contributed by atoms with Crippen molar-refractivity contribution in [2.24, 2.45) is 11.5 Å². The number of hydrogen-bond acceptors (Lipinski definition) is 2. The molecule has 0 radical (unpaired) electrons. The standard InChI is InChI=1S/C28H26N2/c1-20-7-5-10-24(17-20)25-11-6-12-26(18-25)28(30)19-27(29)23-15-13-22(14-16-23)21-8-3-2-4-9-21/h2-19,27H,29-30H2,1H3/b28-19-. The van der Waals surface area contributed by atoms with Crippen molar-refractivity contribution in [1.29, 1.82) is 0 Å². The molecule has 0 heterocycles. The van der Waals surface area contributed by atoms with E-state index >= 15 is 0 Å². The molecule has 0 aliphatic heterocycles. The quantitative estimate of drug-likeness (QED) is 0.418. The Kier molecular flexibility index (Phi) is 5.78. The number of aryl methyl sites for hydroxylation is 1. The number of hydrogen-bond donors (Lipinski definition) is 2. The first kappa shape index (κ1) is 19.7. The fourth-order valence-corrected chi connectivity index (χ4v) is 3.62. The zero-order chi connectivity index (χ0) is 20.9. The van der Waals surface area contributed by atoms with E-state index in [1.54, 1.807) is 0 Å². The van der Waals surface area contributed by atoms with Gasteiger partial charge in [-0.2, -0.15) is 0 Å². The summed E-state index contributed by atoms with van der Waals surface area (Å²) in [6.07, 6.45) is 1.92. The predicted molar refractivity (Wildman–Crippen MR) is 128 cm³/mol. The molecule has 2 heteroatoms. The molecule has 1 atom stereocenters. The van der Waals surface area contributed by atoms with Crippen molar-refractivity contribution in [2.75, 3.05) is 0 Å². The van der Waals surface area contributed by atoms with Crippen LogP contribution in [0, 0.1) is 6.92 Å². The van der Waals surface area contributed by atoms with E-state index in [4.69, 9.17) is 11.5 Å². The fraction of sp³-hybridized carbons (Fsp3) is 0.0714. The van der Waals surface area contributed by atoms with E-state index < -0.39 is 0 Å². The van der Waals surface area contributed by atoms with Gasteiger partial charge in [0.15, 0.2) is 0 Å². The third kappa shape index (κ3) is 4.51. The van der Waals surface area contributed by atoms with Crippen LogP contribution in [-0.4, -0.2) is 0 Å². The molecule has 0 spiro atoms. The van der Waals surface area contributed by atoms with Gasteiger partial charge in [0, 0.05) is 5.70 Å². The molecule has 0 aromatic heterocycles. The Morgan fingerprint density at radius 2 is 1.27 bits per heavy atom. The lowest BCUT2D eigenvalue weighted by molar-refractivity contribution is 0.911. The summed E-state index contributed by atoms with van der Waals surface area (Å²) in [4.78, 5) is 0. The van der Waals surface area contributed by atoms with Gasteiger partial charge >= 0.3 is 0 Å². The lowest BCUT2D eigenvalue weighted by Crippen LogP contribution is -2.10. The van der Waals surface area contributed by atoms with Gasteiger partial charge in [-0.1, -0.05) is 103 Å². The molecule has 0 aliphatic rings. The van der Waals surface area contributed by atoms with Gasteiger partial charge in [0.25, 0.3) is 0 Å². The van der Waals surface area contributed by atoms with Crippen LogP contribution in [0.25, 0.3) is 28.0 Å². The van der Waals surface area contributed by atoms with Gasteiger partial charge in [-0.3, -0.25) is 0 Å². The van der Waals surface area contributed by atoms with Crippen LogP contribution in [0.4, 0.5) is 0 Å². The van der Waals surface area contributed by atoms with Gasteiger partial charge in [-0.05, 0) is 52.4 Å². The van der Waals surface area contributed by atoms with Crippen molar-refractivity contribution >= 4 is 5.70 Å². The third-order valence-electron chi connectivity index (χ3n) is 5.31. The molecule has 0 saturated heterocycles. The minimum Gasteiger partial charge on any atom is -0.398 e. The van der Waals surface area contributed by atoms with Crippen molar-refractivity contribution in [3.63, 3.8) is 0 Å². The van der Waals surface area contributed by atoms with Crippen molar-refractivity contribution in [1.82, 2.24) is 0 Å². The Balaban J connectivity index is 1.55. The largest absolute Gasteiger partial charge is 0.398 e. The van der Waals surface area contributed by atoms with Crippen molar-refractivity contribution in [3.8, 4) is 22.3 Å². The lowest BCUT2D eigenvalue weighted by atomic mass is 9.98. The molecule has 4 aromatic rings. The molecule has 4 rings (SSSR count). The van der Waals surface area contributed by atoms with Crippen LogP contribution in [0.3, 0.4) is 0 Å². The van der Waals surface area contributed by atoms with E-state index in [0.29, 0.717) is 5.70 Å². The minimum absolute atomic E-state index is 0.266. The van der Waals surface area contributed by atoms with E-state index in [1.165, 1.54) is 22.3 Å². The van der Waals surface area contributed by atoms with Crippen LogP contribution >= 0.6 is 0 Å². The van der Waals surface area contributed by atoms with E-state index in [0.717, 1.165) is 16.7 Å². The fourth-order valence-electron chi connectivity index (χ4n) is 3.62. The second-order valence-corrected chi connectivity index (χ2v) is 7.59. The molecule has 0 bridgehead atoms. The van der Waals surface area contributed by atoms with Gasteiger partial charge in [-0.25, -0.2) is 0 Å². The first-order valence-electron chi connectivity index (χ1n) is 10.2. The molecular formula is C28H26N2. The van der Waals surface area contributed by atoms with Gasteiger partial charge in [0.05, 0.1) is 6.04 Å². The van der Waals surface area contributed by atoms with Crippen molar-refractivity contribution in [2.45, 2.75) is 13.0 Å². The summed E-state index contributed by atoms with van der Waals surface area (Å²) in [6.45, 7) is 2.10. The monoisotopic (exact) mass is 390 g/mol. The zero-order valence-corrected chi connectivity index (χ0v) is 17.1. The number of nitrogens with two attached hydrogens (primary N) is 2. The summed E-state index contributed by atoms with van der Waals surface area (Å²) in [5.74, 6) is 0. The lowest BCUT2D eigenvalue weighted by Gasteiger charge is -2.12. The van der Waals surface area contributed by atoms with Gasteiger partial charge in [-0.15, -0.1) is 0 Å². The number of benzene rings is 4. The maximum Gasteiger partial charge on any atom is 0.0504 e. The first-order chi connectivity index (χ1) is 14.6. The van der Waals surface area contributed by atoms with Crippen LogP contribution in [-0.2, 0) is 0 Å². The van der Waals surface area contributed by atoms with E-state index in [1.807, 2.05) is 36.4 Å². The molecule has 0 amide bonds. The summed E-state index contributed by atoms with van der Waals surface area (Å²) >= 11 is 0. The van der Waals surface area contributed by atoms with Gasteiger partial charge in [0.1, 0.15) is 0 Å². The maximum absolute atomic E-state index is 6.43. The average Bonchev–Trinajstić information content (AvgIpc) is 2.80. The smallest absolute Gasteiger partial charge is 0.0504 e. The van der Waals surface area contributed by atoms with Gasteiger partial charge in [0.2, 0.25) is 0 Å². The molecule has 4 N–H and O–H groups in total. The maximum atomic E-state index is 6.43. The molecular weight excluding hydrogens is 364 g/mol. The van der Waals surface area contributed by atoms with Crippen LogP contribution in [0.2, 0.25) is 0 Å². The molecule has 4 aromatic carbocycles. The molecule has 1 unspecified atom stereocenters.